The van der Waals surface area contributed by atoms with Crippen LogP contribution in [0.3, 0.4) is 0 Å². The van der Waals surface area contributed by atoms with E-state index in [1.165, 1.54) is 24.0 Å². The van der Waals surface area contributed by atoms with E-state index in [0.717, 1.165) is 12.8 Å². The van der Waals surface area contributed by atoms with Gasteiger partial charge in [0.25, 0.3) is 5.91 Å². The number of hydrogen-bond donors (Lipinski definition) is 1. The summed E-state index contributed by atoms with van der Waals surface area (Å²) in [5.74, 6) is 0.428. The van der Waals surface area contributed by atoms with Crippen molar-refractivity contribution >= 4 is 11.6 Å². The first-order chi connectivity index (χ1) is 10.3. The summed E-state index contributed by atoms with van der Waals surface area (Å²) in [6.45, 7) is 0. The summed E-state index contributed by atoms with van der Waals surface area (Å²) in [6.07, 6.45) is 6.24. The summed E-state index contributed by atoms with van der Waals surface area (Å²) in [7, 11) is 1.56. The van der Waals surface area contributed by atoms with Crippen LogP contribution in [0.2, 0.25) is 0 Å². The number of carbonyl (C=O) groups is 1. The van der Waals surface area contributed by atoms with Crippen molar-refractivity contribution in [3.8, 4) is 5.88 Å². The third kappa shape index (κ3) is 3.05. The highest BCUT2D eigenvalue weighted by Crippen LogP contribution is 2.22. The molecule has 4 heteroatoms. The van der Waals surface area contributed by atoms with Crippen molar-refractivity contribution < 1.29 is 9.53 Å². The number of methoxy groups -OCH3 is 1. The molecule has 0 saturated carbocycles. The third-order valence-corrected chi connectivity index (χ3v) is 3.81. The fourth-order valence-electron chi connectivity index (χ4n) is 2.65. The largest absolute Gasteiger partial charge is 0.481 e. The number of benzene rings is 1. The lowest BCUT2D eigenvalue weighted by Gasteiger charge is -2.16. The predicted molar refractivity (Wildman–Crippen MR) is 81.8 cm³/mol. The highest BCUT2D eigenvalue weighted by molar-refractivity contribution is 6.04. The van der Waals surface area contributed by atoms with E-state index < -0.39 is 0 Å². The van der Waals surface area contributed by atoms with Crippen LogP contribution in [0.15, 0.2) is 36.5 Å². The molecule has 1 N–H and O–H groups in total. The molecule has 4 nitrogen and oxygen atoms in total. The van der Waals surface area contributed by atoms with Crippen LogP contribution in [0.25, 0.3) is 0 Å². The van der Waals surface area contributed by atoms with Crippen molar-refractivity contribution in [3.63, 3.8) is 0 Å². The van der Waals surface area contributed by atoms with E-state index in [9.17, 15) is 4.79 Å². The second-order valence-corrected chi connectivity index (χ2v) is 5.23. The molecule has 1 aromatic heterocycles. The van der Waals surface area contributed by atoms with Gasteiger partial charge in [0.2, 0.25) is 5.88 Å². The van der Waals surface area contributed by atoms with Crippen molar-refractivity contribution in [1.82, 2.24) is 4.98 Å². The minimum absolute atomic E-state index is 0.102. The number of ether oxygens (including phenoxy) is 1. The molecule has 1 amide bonds. The third-order valence-electron chi connectivity index (χ3n) is 3.81. The standard InChI is InChI=1S/C17H18N2O2/c1-21-16-9-8-15(11-18-16)19-17(20)14-7-6-12-4-2-3-5-13(12)10-14/h6-11H,2-5H2,1H3,(H,19,20). The van der Waals surface area contributed by atoms with Crippen molar-refractivity contribution in [2.24, 2.45) is 0 Å². The molecule has 0 atom stereocenters. The van der Waals surface area contributed by atoms with Gasteiger partial charge in [-0.05, 0) is 55.0 Å². The Morgan fingerprint density at radius 1 is 1.14 bits per heavy atom. The summed E-state index contributed by atoms with van der Waals surface area (Å²) in [5, 5.41) is 2.86. The van der Waals surface area contributed by atoms with Gasteiger partial charge >= 0.3 is 0 Å². The minimum Gasteiger partial charge on any atom is -0.481 e. The SMILES string of the molecule is COc1ccc(NC(=O)c2ccc3c(c2)CCCC3)cn1. The lowest BCUT2D eigenvalue weighted by Crippen LogP contribution is -2.13. The van der Waals surface area contributed by atoms with Gasteiger partial charge in [0.1, 0.15) is 0 Å². The Morgan fingerprint density at radius 3 is 2.67 bits per heavy atom. The van der Waals surface area contributed by atoms with E-state index in [1.54, 1.807) is 25.4 Å². The quantitative estimate of drug-likeness (QED) is 0.940. The van der Waals surface area contributed by atoms with Gasteiger partial charge < -0.3 is 10.1 Å². The smallest absolute Gasteiger partial charge is 0.255 e. The molecule has 0 unspecified atom stereocenters. The monoisotopic (exact) mass is 282 g/mol. The molecule has 1 aliphatic rings. The highest BCUT2D eigenvalue weighted by atomic mass is 16.5. The van der Waals surface area contributed by atoms with Gasteiger partial charge in [-0.3, -0.25) is 4.79 Å². The zero-order valence-electron chi connectivity index (χ0n) is 12.1. The molecule has 0 spiro atoms. The molecule has 2 aromatic rings. The number of aromatic nitrogens is 1. The van der Waals surface area contributed by atoms with Crippen LogP contribution in [0.4, 0.5) is 5.69 Å². The number of aryl methyl sites for hydroxylation is 2. The van der Waals surface area contributed by atoms with Crippen LogP contribution >= 0.6 is 0 Å². The second kappa shape index (κ2) is 5.95. The Bertz CT molecular complexity index is 650. The summed E-state index contributed by atoms with van der Waals surface area (Å²) in [5.41, 5.74) is 4.05. The van der Waals surface area contributed by atoms with Crippen molar-refractivity contribution in [2.75, 3.05) is 12.4 Å². The molecular formula is C17H18N2O2. The fraction of sp³-hybridized carbons (Fsp3) is 0.294. The van der Waals surface area contributed by atoms with Crippen LogP contribution in [0, 0.1) is 0 Å². The number of anilines is 1. The van der Waals surface area contributed by atoms with Gasteiger partial charge in [0.15, 0.2) is 0 Å². The van der Waals surface area contributed by atoms with Gasteiger partial charge in [-0.15, -0.1) is 0 Å². The maximum atomic E-state index is 12.3. The number of hydrogen-bond acceptors (Lipinski definition) is 3. The molecule has 0 fully saturated rings. The van der Waals surface area contributed by atoms with Gasteiger partial charge in [0, 0.05) is 11.6 Å². The lowest BCUT2D eigenvalue weighted by molar-refractivity contribution is 0.102. The molecule has 3 rings (SSSR count). The first kappa shape index (κ1) is 13.6. The zero-order valence-corrected chi connectivity index (χ0v) is 12.1. The average Bonchev–Trinajstić information content (AvgIpc) is 2.55. The number of pyridine rings is 1. The summed E-state index contributed by atoms with van der Waals surface area (Å²) in [4.78, 5) is 16.4. The van der Waals surface area contributed by atoms with Crippen LogP contribution < -0.4 is 10.1 Å². The van der Waals surface area contributed by atoms with E-state index in [4.69, 9.17) is 4.74 Å². The molecule has 0 radical (unpaired) electrons. The van der Waals surface area contributed by atoms with Crippen LogP contribution in [-0.2, 0) is 12.8 Å². The average molecular weight is 282 g/mol. The Kier molecular flexibility index (Phi) is 3.86. The van der Waals surface area contributed by atoms with E-state index >= 15 is 0 Å². The number of nitrogens with zero attached hydrogens (tertiary/aromatic N) is 1. The minimum atomic E-state index is -0.102. The van der Waals surface area contributed by atoms with Crippen molar-refractivity contribution in [3.05, 3.63) is 53.2 Å². The molecule has 1 heterocycles. The first-order valence-electron chi connectivity index (χ1n) is 7.19. The van der Waals surface area contributed by atoms with Crippen molar-refractivity contribution in [1.29, 1.82) is 0 Å². The first-order valence-corrected chi connectivity index (χ1v) is 7.19. The number of amides is 1. The Hall–Kier alpha value is -2.36. The lowest BCUT2D eigenvalue weighted by atomic mass is 9.90. The fourth-order valence-corrected chi connectivity index (χ4v) is 2.65. The molecule has 1 aliphatic carbocycles. The van der Waals surface area contributed by atoms with E-state index in [1.807, 2.05) is 12.1 Å². The molecule has 108 valence electrons. The van der Waals surface area contributed by atoms with Crippen LogP contribution in [0.1, 0.15) is 34.3 Å². The molecule has 0 aliphatic heterocycles. The number of rotatable bonds is 3. The van der Waals surface area contributed by atoms with Gasteiger partial charge in [-0.25, -0.2) is 4.98 Å². The van der Waals surface area contributed by atoms with Gasteiger partial charge in [0.05, 0.1) is 19.0 Å². The molecule has 0 saturated heterocycles. The number of fused-ring (bicyclic) bond motifs is 1. The number of carbonyl (C=O) groups excluding carboxylic acids is 1. The summed E-state index contributed by atoms with van der Waals surface area (Å²) in [6, 6.07) is 9.50. The van der Waals surface area contributed by atoms with Crippen LogP contribution in [0.5, 0.6) is 5.88 Å². The Labute approximate surface area is 124 Å². The molecular weight excluding hydrogens is 264 g/mol. The summed E-state index contributed by atoms with van der Waals surface area (Å²) < 4.78 is 5.00. The second-order valence-electron chi connectivity index (χ2n) is 5.23. The zero-order chi connectivity index (χ0) is 14.7. The Balaban J connectivity index is 1.75. The predicted octanol–water partition coefficient (Wildman–Crippen LogP) is 3.22. The topological polar surface area (TPSA) is 51.2 Å². The van der Waals surface area contributed by atoms with Gasteiger partial charge in [-0.2, -0.15) is 0 Å². The summed E-state index contributed by atoms with van der Waals surface area (Å²) >= 11 is 0. The van der Waals surface area contributed by atoms with Gasteiger partial charge in [-0.1, -0.05) is 6.07 Å². The maximum absolute atomic E-state index is 12.3. The maximum Gasteiger partial charge on any atom is 0.255 e. The molecule has 1 aromatic carbocycles. The van der Waals surface area contributed by atoms with E-state index in [2.05, 4.69) is 16.4 Å². The molecule has 0 bridgehead atoms. The van der Waals surface area contributed by atoms with E-state index in [0.29, 0.717) is 17.1 Å². The number of nitrogens with one attached hydrogen (secondary N) is 1. The van der Waals surface area contributed by atoms with Crippen molar-refractivity contribution in [2.45, 2.75) is 25.7 Å². The highest BCUT2D eigenvalue weighted by Gasteiger charge is 2.13. The Morgan fingerprint density at radius 2 is 1.95 bits per heavy atom. The normalized spacial score (nSPS) is 13.4. The van der Waals surface area contributed by atoms with E-state index in [-0.39, 0.29) is 5.91 Å². The van der Waals surface area contributed by atoms with Crippen LogP contribution in [-0.4, -0.2) is 18.0 Å². The molecule has 21 heavy (non-hydrogen) atoms.